The Morgan fingerprint density at radius 1 is 1.25 bits per heavy atom. The number of Topliss-reactive ketones (excluding diaryl/α,β-unsaturated/α-hetero) is 1. The standard InChI is InChI=1S/C16H11BrClNO/c1-10-8-12(4-7-15(10)18)16(20)14(9-19)11-2-5-13(17)6-3-11/h2-8,14H,1H3. The monoisotopic (exact) mass is 347 g/mol. The second-order valence-electron chi connectivity index (χ2n) is 4.44. The summed E-state index contributed by atoms with van der Waals surface area (Å²) >= 11 is 9.29. The van der Waals surface area contributed by atoms with E-state index in [0.717, 1.165) is 10.0 Å². The molecule has 0 aliphatic carbocycles. The van der Waals surface area contributed by atoms with Gasteiger partial charge in [-0.25, -0.2) is 0 Å². The van der Waals surface area contributed by atoms with E-state index in [2.05, 4.69) is 22.0 Å². The lowest BCUT2D eigenvalue weighted by molar-refractivity contribution is 0.0979. The van der Waals surface area contributed by atoms with Gasteiger partial charge in [0.1, 0.15) is 5.92 Å². The summed E-state index contributed by atoms with van der Waals surface area (Å²) in [6, 6.07) is 14.3. The highest BCUT2D eigenvalue weighted by atomic mass is 79.9. The van der Waals surface area contributed by atoms with Crippen molar-refractivity contribution in [2.45, 2.75) is 12.8 Å². The van der Waals surface area contributed by atoms with E-state index in [-0.39, 0.29) is 5.78 Å². The molecule has 0 aliphatic heterocycles. The fraction of sp³-hybridized carbons (Fsp3) is 0.125. The van der Waals surface area contributed by atoms with Crippen LogP contribution < -0.4 is 0 Å². The van der Waals surface area contributed by atoms with Gasteiger partial charge in [0.05, 0.1) is 6.07 Å². The van der Waals surface area contributed by atoms with Crippen LogP contribution in [0.5, 0.6) is 0 Å². The molecule has 0 fully saturated rings. The number of rotatable bonds is 3. The van der Waals surface area contributed by atoms with Gasteiger partial charge in [-0.05, 0) is 48.4 Å². The van der Waals surface area contributed by atoms with Crippen molar-refractivity contribution in [3.63, 3.8) is 0 Å². The third kappa shape index (κ3) is 3.09. The Labute approximate surface area is 131 Å². The van der Waals surface area contributed by atoms with Crippen LogP contribution in [0.4, 0.5) is 0 Å². The maximum absolute atomic E-state index is 12.4. The van der Waals surface area contributed by atoms with Gasteiger partial charge in [-0.15, -0.1) is 0 Å². The predicted molar refractivity (Wildman–Crippen MR) is 83.0 cm³/mol. The van der Waals surface area contributed by atoms with Crippen LogP contribution in [0.3, 0.4) is 0 Å². The number of nitrogens with zero attached hydrogens (tertiary/aromatic N) is 1. The first-order chi connectivity index (χ1) is 9.52. The lowest BCUT2D eigenvalue weighted by atomic mass is 9.91. The molecule has 100 valence electrons. The first-order valence-electron chi connectivity index (χ1n) is 5.98. The number of ketones is 1. The molecule has 1 atom stereocenters. The number of carbonyl (C=O) groups excluding carboxylic acids is 1. The third-order valence-electron chi connectivity index (χ3n) is 3.04. The van der Waals surface area contributed by atoms with Crippen molar-refractivity contribution in [3.8, 4) is 6.07 Å². The van der Waals surface area contributed by atoms with Crippen LogP contribution in [-0.2, 0) is 0 Å². The topological polar surface area (TPSA) is 40.9 Å². The van der Waals surface area contributed by atoms with Crippen LogP contribution in [0.1, 0.15) is 27.4 Å². The number of halogens is 2. The van der Waals surface area contributed by atoms with Gasteiger partial charge in [0.2, 0.25) is 0 Å². The SMILES string of the molecule is Cc1cc(C(=O)C(C#N)c2ccc(Br)cc2)ccc1Cl. The zero-order chi connectivity index (χ0) is 14.7. The van der Waals surface area contributed by atoms with Crippen LogP contribution >= 0.6 is 27.5 Å². The van der Waals surface area contributed by atoms with E-state index in [4.69, 9.17) is 11.6 Å². The molecule has 4 heteroatoms. The maximum atomic E-state index is 12.4. The summed E-state index contributed by atoms with van der Waals surface area (Å²) in [5, 5.41) is 9.91. The third-order valence-corrected chi connectivity index (χ3v) is 3.99. The summed E-state index contributed by atoms with van der Waals surface area (Å²) in [6.45, 7) is 1.83. The first kappa shape index (κ1) is 14.8. The summed E-state index contributed by atoms with van der Waals surface area (Å²) in [4.78, 5) is 12.4. The number of carbonyl (C=O) groups is 1. The first-order valence-corrected chi connectivity index (χ1v) is 7.15. The highest BCUT2D eigenvalue weighted by Crippen LogP contribution is 2.24. The molecule has 2 rings (SSSR count). The molecule has 0 spiro atoms. The van der Waals surface area contributed by atoms with Crippen molar-refractivity contribution >= 4 is 33.3 Å². The lowest BCUT2D eigenvalue weighted by Crippen LogP contribution is -2.11. The number of benzene rings is 2. The van der Waals surface area contributed by atoms with Crippen molar-refractivity contribution in [2.24, 2.45) is 0 Å². The molecule has 2 nitrogen and oxygen atoms in total. The minimum Gasteiger partial charge on any atom is -0.292 e. The van der Waals surface area contributed by atoms with E-state index in [0.29, 0.717) is 16.1 Å². The number of aryl methyl sites for hydroxylation is 1. The molecule has 0 saturated heterocycles. The average molecular weight is 349 g/mol. The second kappa shape index (κ2) is 6.21. The van der Waals surface area contributed by atoms with E-state index < -0.39 is 5.92 Å². The Morgan fingerprint density at radius 2 is 1.90 bits per heavy atom. The smallest absolute Gasteiger partial charge is 0.184 e. The van der Waals surface area contributed by atoms with E-state index in [1.165, 1.54) is 0 Å². The molecule has 0 saturated carbocycles. The van der Waals surface area contributed by atoms with Gasteiger partial charge in [-0.2, -0.15) is 5.26 Å². The Morgan fingerprint density at radius 3 is 2.45 bits per heavy atom. The molecule has 0 aliphatic rings. The number of hydrogen-bond acceptors (Lipinski definition) is 2. The number of nitriles is 1. The van der Waals surface area contributed by atoms with E-state index in [1.54, 1.807) is 30.3 Å². The molecule has 0 radical (unpaired) electrons. The molecule has 0 bridgehead atoms. The van der Waals surface area contributed by atoms with Gasteiger partial charge in [0, 0.05) is 15.1 Å². The number of hydrogen-bond donors (Lipinski definition) is 0. The highest BCUT2D eigenvalue weighted by molar-refractivity contribution is 9.10. The van der Waals surface area contributed by atoms with Gasteiger partial charge in [-0.1, -0.05) is 39.7 Å². The molecule has 20 heavy (non-hydrogen) atoms. The minimum absolute atomic E-state index is 0.213. The fourth-order valence-corrected chi connectivity index (χ4v) is 2.29. The van der Waals surface area contributed by atoms with Crippen molar-refractivity contribution in [3.05, 3.63) is 68.7 Å². The zero-order valence-corrected chi connectivity index (χ0v) is 13.1. The fourth-order valence-electron chi connectivity index (χ4n) is 1.90. The summed E-state index contributed by atoms with van der Waals surface area (Å²) in [5.41, 5.74) is 2.01. The van der Waals surface area contributed by atoms with Crippen molar-refractivity contribution in [1.82, 2.24) is 0 Å². The van der Waals surface area contributed by atoms with E-state index >= 15 is 0 Å². The van der Waals surface area contributed by atoms with E-state index in [1.807, 2.05) is 19.1 Å². The summed E-state index contributed by atoms with van der Waals surface area (Å²) in [6.07, 6.45) is 0. The predicted octanol–water partition coefficient (Wildman–Crippen LogP) is 4.90. The minimum atomic E-state index is -0.802. The largest absolute Gasteiger partial charge is 0.292 e. The quantitative estimate of drug-likeness (QED) is 0.740. The maximum Gasteiger partial charge on any atom is 0.184 e. The highest BCUT2D eigenvalue weighted by Gasteiger charge is 2.22. The van der Waals surface area contributed by atoms with Crippen LogP contribution in [-0.4, -0.2) is 5.78 Å². The van der Waals surface area contributed by atoms with Crippen LogP contribution in [0.25, 0.3) is 0 Å². The lowest BCUT2D eigenvalue weighted by Gasteiger charge is -2.10. The molecule has 1 unspecified atom stereocenters. The van der Waals surface area contributed by atoms with Gasteiger partial charge in [-0.3, -0.25) is 4.79 Å². The Bertz CT molecular complexity index is 689. The van der Waals surface area contributed by atoms with Crippen molar-refractivity contribution < 1.29 is 4.79 Å². The van der Waals surface area contributed by atoms with Crippen LogP contribution in [0.2, 0.25) is 5.02 Å². The molecule has 0 aromatic heterocycles. The van der Waals surface area contributed by atoms with Crippen LogP contribution in [0, 0.1) is 18.3 Å². The second-order valence-corrected chi connectivity index (χ2v) is 5.76. The average Bonchev–Trinajstić information content (AvgIpc) is 2.44. The van der Waals surface area contributed by atoms with Gasteiger partial charge >= 0.3 is 0 Å². The summed E-state index contributed by atoms with van der Waals surface area (Å²) in [5.74, 6) is -1.02. The molecule has 2 aromatic rings. The van der Waals surface area contributed by atoms with Gasteiger partial charge in [0.25, 0.3) is 0 Å². The molecule has 2 aromatic carbocycles. The van der Waals surface area contributed by atoms with Crippen molar-refractivity contribution in [1.29, 1.82) is 5.26 Å². The molecule has 0 heterocycles. The van der Waals surface area contributed by atoms with Gasteiger partial charge in [0.15, 0.2) is 5.78 Å². The summed E-state index contributed by atoms with van der Waals surface area (Å²) < 4.78 is 0.910. The van der Waals surface area contributed by atoms with Crippen molar-refractivity contribution in [2.75, 3.05) is 0 Å². The Balaban J connectivity index is 2.36. The molecular formula is C16H11BrClNO. The normalized spacial score (nSPS) is 11.7. The van der Waals surface area contributed by atoms with Crippen LogP contribution in [0.15, 0.2) is 46.9 Å². The Kier molecular flexibility index (Phi) is 4.59. The molecule has 0 amide bonds. The molecular weight excluding hydrogens is 338 g/mol. The molecule has 0 N–H and O–H groups in total. The Hall–Kier alpha value is -1.63. The van der Waals surface area contributed by atoms with E-state index in [9.17, 15) is 10.1 Å². The zero-order valence-electron chi connectivity index (χ0n) is 10.7. The van der Waals surface area contributed by atoms with Gasteiger partial charge < -0.3 is 0 Å². The summed E-state index contributed by atoms with van der Waals surface area (Å²) in [7, 11) is 0.